The van der Waals surface area contributed by atoms with Crippen LogP contribution >= 0.6 is 11.6 Å². The third-order valence-electron chi connectivity index (χ3n) is 3.69. The van der Waals surface area contributed by atoms with E-state index >= 15 is 0 Å². The quantitative estimate of drug-likeness (QED) is 0.792. The maximum Gasteiger partial charge on any atom is 0.127 e. The maximum atomic E-state index is 13.7. The van der Waals surface area contributed by atoms with Crippen LogP contribution in [0.5, 0.6) is 0 Å². The molecule has 0 aliphatic heterocycles. The van der Waals surface area contributed by atoms with Crippen LogP contribution in [-0.2, 0) is 6.42 Å². The van der Waals surface area contributed by atoms with E-state index in [1.807, 2.05) is 0 Å². The van der Waals surface area contributed by atoms with Gasteiger partial charge in [0.25, 0.3) is 0 Å². The summed E-state index contributed by atoms with van der Waals surface area (Å²) in [6, 6.07) is 4.83. The molecule has 94 valence electrons. The lowest BCUT2D eigenvalue weighted by Crippen LogP contribution is -2.41. The first-order chi connectivity index (χ1) is 8.11. The van der Waals surface area contributed by atoms with E-state index in [1.54, 1.807) is 12.1 Å². The topological polar surface area (TPSA) is 26.0 Å². The lowest BCUT2D eigenvalue weighted by molar-refractivity contribution is 0.364. The molecule has 2 N–H and O–H groups in total. The van der Waals surface area contributed by atoms with Crippen LogP contribution in [0, 0.1) is 5.82 Å². The van der Waals surface area contributed by atoms with Crippen LogP contribution in [0.25, 0.3) is 0 Å². The Morgan fingerprint density at radius 2 is 1.82 bits per heavy atom. The summed E-state index contributed by atoms with van der Waals surface area (Å²) in [5.74, 6) is -0.230. The van der Waals surface area contributed by atoms with Crippen molar-refractivity contribution in [3.63, 3.8) is 0 Å². The minimum absolute atomic E-state index is 0.230. The molecule has 1 saturated carbocycles. The van der Waals surface area contributed by atoms with E-state index in [0.717, 1.165) is 25.7 Å². The number of hydrogen-bond donors (Lipinski definition) is 1. The van der Waals surface area contributed by atoms with Crippen LogP contribution in [0.15, 0.2) is 18.2 Å². The summed E-state index contributed by atoms with van der Waals surface area (Å²) in [5.41, 5.74) is 6.71. The summed E-state index contributed by atoms with van der Waals surface area (Å²) in [6.07, 6.45) is 7.26. The first kappa shape index (κ1) is 12.8. The smallest absolute Gasteiger partial charge is 0.127 e. The molecule has 3 heteroatoms. The second-order valence-corrected chi connectivity index (χ2v) is 5.56. The van der Waals surface area contributed by atoms with Crippen LogP contribution < -0.4 is 5.73 Å². The van der Waals surface area contributed by atoms with Crippen LogP contribution in [0.4, 0.5) is 4.39 Å². The zero-order chi connectivity index (χ0) is 12.3. The van der Waals surface area contributed by atoms with Gasteiger partial charge in [0.2, 0.25) is 0 Å². The van der Waals surface area contributed by atoms with E-state index in [1.165, 1.54) is 18.9 Å². The highest BCUT2D eigenvalue weighted by Crippen LogP contribution is 2.31. The van der Waals surface area contributed by atoms with Crippen LogP contribution in [-0.4, -0.2) is 5.54 Å². The Bertz CT molecular complexity index is 364. The molecule has 0 heterocycles. The highest BCUT2D eigenvalue weighted by molar-refractivity contribution is 6.31. The van der Waals surface area contributed by atoms with Crippen molar-refractivity contribution in [3.05, 3.63) is 34.6 Å². The minimum Gasteiger partial charge on any atom is -0.325 e. The molecule has 1 aliphatic carbocycles. The largest absolute Gasteiger partial charge is 0.325 e. The Balaban J connectivity index is 2.18. The van der Waals surface area contributed by atoms with Crippen molar-refractivity contribution >= 4 is 11.6 Å². The van der Waals surface area contributed by atoms with Gasteiger partial charge < -0.3 is 5.73 Å². The summed E-state index contributed by atoms with van der Waals surface area (Å²) >= 11 is 6.06. The fourth-order valence-corrected chi connectivity index (χ4v) is 2.89. The van der Waals surface area contributed by atoms with Crippen molar-refractivity contribution in [1.82, 2.24) is 0 Å². The molecule has 1 aromatic carbocycles. The predicted octanol–water partition coefficient (Wildman–Crippen LogP) is 4.07. The third kappa shape index (κ3) is 3.20. The van der Waals surface area contributed by atoms with Gasteiger partial charge in [-0.25, -0.2) is 4.39 Å². The fraction of sp³-hybridized carbons (Fsp3) is 0.571. The van der Waals surface area contributed by atoms with Gasteiger partial charge in [0.1, 0.15) is 5.82 Å². The van der Waals surface area contributed by atoms with Crippen molar-refractivity contribution in [1.29, 1.82) is 0 Å². The molecule has 1 aromatic rings. The molecule has 0 radical (unpaired) electrons. The first-order valence-electron chi connectivity index (χ1n) is 6.32. The summed E-state index contributed by atoms with van der Waals surface area (Å²) in [6.45, 7) is 0. The molecule has 2 rings (SSSR count). The number of rotatable bonds is 2. The van der Waals surface area contributed by atoms with Gasteiger partial charge in [-0.2, -0.15) is 0 Å². The van der Waals surface area contributed by atoms with Gasteiger partial charge in [0.15, 0.2) is 0 Å². The van der Waals surface area contributed by atoms with Crippen LogP contribution in [0.1, 0.15) is 44.1 Å². The average Bonchev–Trinajstić information content (AvgIpc) is 2.49. The molecule has 1 fully saturated rings. The summed E-state index contributed by atoms with van der Waals surface area (Å²) < 4.78 is 13.7. The zero-order valence-corrected chi connectivity index (χ0v) is 10.8. The minimum atomic E-state index is -0.275. The molecule has 0 saturated heterocycles. The zero-order valence-electron chi connectivity index (χ0n) is 10.0. The summed E-state index contributed by atoms with van der Waals surface area (Å²) in [4.78, 5) is 0. The number of nitrogens with two attached hydrogens (primary N) is 1. The van der Waals surface area contributed by atoms with Crippen molar-refractivity contribution in [3.8, 4) is 0 Å². The summed E-state index contributed by atoms with van der Waals surface area (Å²) in [5, 5.41) is 0.499. The number of benzene rings is 1. The maximum absolute atomic E-state index is 13.7. The molecular formula is C14H19ClFN. The molecule has 0 bridgehead atoms. The molecule has 0 atom stereocenters. The fourth-order valence-electron chi connectivity index (χ4n) is 2.66. The molecule has 0 aromatic heterocycles. The Morgan fingerprint density at radius 1 is 1.18 bits per heavy atom. The highest BCUT2D eigenvalue weighted by atomic mass is 35.5. The van der Waals surface area contributed by atoms with E-state index < -0.39 is 0 Å². The average molecular weight is 256 g/mol. The molecule has 0 spiro atoms. The van der Waals surface area contributed by atoms with Gasteiger partial charge >= 0.3 is 0 Å². The second-order valence-electron chi connectivity index (χ2n) is 5.15. The van der Waals surface area contributed by atoms with Gasteiger partial charge in [0.05, 0.1) is 0 Å². The Labute approximate surface area is 107 Å². The second kappa shape index (κ2) is 5.36. The first-order valence-corrected chi connectivity index (χ1v) is 6.70. The van der Waals surface area contributed by atoms with Gasteiger partial charge in [0, 0.05) is 16.1 Å². The Kier molecular flexibility index (Phi) is 4.05. The van der Waals surface area contributed by atoms with Crippen molar-refractivity contribution in [2.45, 2.75) is 50.5 Å². The van der Waals surface area contributed by atoms with E-state index in [-0.39, 0.29) is 11.4 Å². The molecule has 1 aliphatic rings. The molecule has 1 nitrogen and oxygen atoms in total. The van der Waals surface area contributed by atoms with E-state index in [9.17, 15) is 4.39 Å². The van der Waals surface area contributed by atoms with E-state index in [4.69, 9.17) is 17.3 Å². The van der Waals surface area contributed by atoms with Gasteiger partial charge in [-0.05, 0) is 31.4 Å². The van der Waals surface area contributed by atoms with E-state index in [0.29, 0.717) is 17.0 Å². The van der Waals surface area contributed by atoms with Gasteiger partial charge in [-0.1, -0.05) is 43.4 Å². The lowest BCUT2D eigenvalue weighted by atomic mass is 9.85. The highest BCUT2D eigenvalue weighted by Gasteiger charge is 2.28. The van der Waals surface area contributed by atoms with Crippen molar-refractivity contribution in [2.75, 3.05) is 0 Å². The van der Waals surface area contributed by atoms with Gasteiger partial charge in [-0.15, -0.1) is 0 Å². The standard InChI is InChI=1S/C14H19ClFN/c15-12-6-5-7-13(16)11(12)10-14(17)8-3-1-2-4-9-14/h5-7H,1-4,8-10,17H2. The van der Waals surface area contributed by atoms with Crippen molar-refractivity contribution < 1.29 is 4.39 Å². The molecule has 17 heavy (non-hydrogen) atoms. The number of halogens is 2. The Hall–Kier alpha value is -0.600. The SMILES string of the molecule is NC1(Cc2c(F)cccc2Cl)CCCCCC1. The van der Waals surface area contributed by atoms with Crippen LogP contribution in [0.3, 0.4) is 0 Å². The van der Waals surface area contributed by atoms with Crippen LogP contribution in [0.2, 0.25) is 5.02 Å². The van der Waals surface area contributed by atoms with E-state index in [2.05, 4.69) is 0 Å². The van der Waals surface area contributed by atoms with Gasteiger partial charge in [-0.3, -0.25) is 0 Å². The Morgan fingerprint density at radius 3 is 2.41 bits per heavy atom. The molecular weight excluding hydrogens is 237 g/mol. The summed E-state index contributed by atoms with van der Waals surface area (Å²) in [7, 11) is 0. The molecule has 0 unspecified atom stereocenters. The predicted molar refractivity (Wildman–Crippen MR) is 69.7 cm³/mol. The number of hydrogen-bond acceptors (Lipinski definition) is 1. The van der Waals surface area contributed by atoms with Crippen molar-refractivity contribution in [2.24, 2.45) is 5.73 Å². The lowest BCUT2D eigenvalue weighted by Gasteiger charge is -2.28. The normalized spacial score (nSPS) is 19.9. The third-order valence-corrected chi connectivity index (χ3v) is 4.04. The molecule has 0 amide bonds. The monoisotopic (exact) mass is 255 g/mol.